The number of amides is 2. The first-order valence-electron chi connectivity index (χ1n) is 11.1. The summed E-state index contributed by atoms with van der Waals surface area (Å²) in [5.74, 6) is -0.929. The van der Waals surface area contributed by atoms with Gasteiger partial charge in [-0.1, -0.05) is 42.5 Å². The van der Waals surface area contributed by atoms with Crippen LogP contribution in [0.5, 0.6) is 5.75 Å². The summed E-state index contributed by atoms with van der Waals surface area (Å²) in [4.78, 5) is 48.3. The van der Waals surface area contributed by atoms with Crippen LogP contribution in [-0.2, 0) is 0 Å². The summed E-state index contributed by atoms with van der Waals surface area (Å²) >= 11 is 1.14. The van der Waals surface area contributed by atoms with Crippen molar-refractivity contribution in [1.82, 2.24) is 0 Å². The highest BCUT2D eigenvalue weighted by molar-refractivity contribution is 7.20. The number of para-hydroxylation sites is 2. The second kappa shape index (κ2) is 10.9. The Hall–Kier alpha value is -5.10. The number of thiophene rings is 1. The van der Waals surface area contributed by atoms with Gasteiger partial charge in [-0.25, -0.2) is 0 Å². The first kappa shape index (κ1) is 26.0. The van der Waals surface area contributed by atoms with E-state index in [1.807, 2.05) is 30.3 Å². The van der Waals surface area contributed by atoms with Crippen LogP contribution >= 0.6 is 11.3 Å². The molecule has 38 heavy (non-hydrogen) atoms. The highest BCUT2D eigenvalue weighted by Crippen LogP contribution is 2.41. The molecule has 2 N–H and O–H groups in total. The van der Waals surface area contributed by atoms with Crippen molar-refractivity contribution >= 4 is 45.2 Å². The van der Waals surface area contributed by atoms with E-state index in [0.717, 1.165) is 40.0 Å². The van der Waals surface area contributed by atoms with Gasteiger partial charge < -0.3 is 15.4 Å². The van der Waals surface area contributed by atoms with Crippen molar-refractivity contribution in [3.8, 4) is 16.2 Å². The van der Waals surface area contributed by atoms with Crippen LogP contribution in [0.2, 0.25) is 0 Å². The van der Waals surface area contributed by atoms with Crippen LogP contribution in [0.1, 0.15) is 26.3 Å². The van der Waals surface area contributed by atoms with E-state index in [-0.39, 0.29) is 16.1 Å². The number of nitrogens with zero attached hydrogens (tertiary/aromatic N) is 2. The van der Waals surface area contributed by atoms with Crippen molar-refractivity contribution in [2.75, 3.05) is 17.7 Å². The zero-order valence-corrected chi connectivity index (χ0v) is 20.9. The minimum Gasteiger partial charge on any atom is -0.495 e. The van der Waals surface area contributed by atoms with Crippen molar-refractivity contribution in [3.05, 3.63) is 110 Å². The monoisotopic (exact) mass is 532 g/mol. The number of benzene rings is 3. The lowest BCUT2D eigenvalue weighted by atomic mass is 10.1. The predicted molar refractivity (Wildman–Crippen MR) is 143 cm³/mol. The number of nitro groups is 2. The summed E-state index contributed by atoms with van der Waals surface area (Å²) in [6.45, 7) is 1.74. The molecule has 0 aliphatic rings. The van der Waals surface area contributed by atoms with Crippen LogP contribution in [0.25, 0.3) is 10.4 Å². The van der Waals surface area contributed by atoms with Gasteiger partial charge in [0.25, 0.3) is 23.2 Å². The number of hydrogen-bond donors (Lipinski definition) is 2. The topological polar surface area (TPSA) is 154 Å². The standard InChI is InChI=1S/C26H20N4O7S/c1-15-22(25(32)27-20-10-6-7-11-21(20)37-2)26(38-23(15)16-8-4-3-5-9-16)28-24(31)17-12-18(29(33)34)14-19(13-17)30(35)36/h3-14H,1-2H3,(H,27,32)(H,28,31). The highest BCUT2D eigenvalue weighted by Gasteiger charge is 2.26. The molecule has 1 heterocycles. The highest BCUT2D eigenvalue weighted by atomic mass is 32.1. The van der Waals surface area contributed by atoms with Gasteiger partial charge in [0.15, 0.2) is 0 Å². The fourth-order valence-corrected chi connectivity index (χ4v) is 4.99. The summed E-state index contributed by atoms with van der Waals surface area (Å²) in [6.07, 6.45) is 0. The van der Waals surface area contributed by atoms with Gasteiger partial charge in [0, 0.05) is 17.0 Å². The molecule has 0 saturated carbocycles. The molecule has 0 unspecified atom stereocenters. The van der Waals surface area contributed by atoms with Crippen molar-refractivity contribution in [2.45, 2.75) is 6.92 Å². The normalized spacial score (nSPS) is 10.5. The van der Waals surface area contributed by atoms with Gasteiger partial charge >= 0.3 is 0 Å². The maximum Gasteiger partial charge on any atom is 0.277 e. The van der Waals surface area contributed by atoms with E-state index >= 15 is 0 Å². The molecule has 4 aromatic rings. The molecule has 0 bridgehead atoms. The number of rotatable bonds is 8. The van der Waals surface area contributed by atoms with Crippen molar-refractivity contribution in [2.24, 2.45) is 0 Å². The quantitative estimate of drug-likeness (QED) is 0.207. The van der Waals surface area contributed by atoms with Crippen LogP contribution in [-0.4, -0.2) is 28.8 Å². The Morgan fingerprint density at radius 1 is 0.842 bits per heavy atom. The predicted octanol–water partition coefficient (Wildman–Crippen LogP) is 6.05. The molecule has 0 aliphatic carbocycles. The minimum atomic E-state index is -0.844. The smallest absolute Gasteiger partial charge is 0.277 e. The van der Waals surface area contributed by atoms with Gasteiger partial charge in [0.2, 0.25) is 0 Å². The van der Waals surface area contributed by atoms with Crippen LogP contribution < -0.4 is 15.4 Å². The molecule has 4 rings (SSSR count). The van der Waals surface area contributed by atoms with E-state index in [2.05, 4.69) is 10.6 Å². The molecule has 0 spiro atoms. The van der Waals surface area contributed by atoms with Crippen LogP contribution in [0.4, 0.5) is 22.1 Å². The van der Waals surface area contributed by atoms with E-state index < -0.39 is 33.0 Å². The first-order chi connectivity index (χ1) is 18.2. The van der Waals surface area contributed by atoms with E-state index in [0.29, 0.717) is 17.0 Å². The molecule has 0 aliphatic heterocycles. The molecule has 1 aromatic heterocycles. The summed E-state index contributed by atoms with van der Waals surface area (Å²) in [5.41, 5.74) is 0.485. The zero-order chi connectivity index (χ0) is 27.4. The Morgan fingerprint density at radius 3 is 2.05 bits per heavy atom. The Labute approximate surface area is 220 Å². The van der Waals surface area contributed by atoms with E-state index in [4.69, 9.17) is 4.74 Å². The first-order valence-corrected chi connectivity index (χ1v) is 11.9. The van der Waals surface area contributed by atoms with Gasteiger partial charge in [-0.3, -0.25) is 29.8 Å². The van der Waals surface area contributed by atoms with Gasteiger partial charge in [-0.15, -0.1) is 11.3 Å². The summed E-state index contributed by atoms with van der Waals surface area (Å²) in [5, 5.41) is 28.1. The molecule has 11 nitrogen and oxygen atoms in total. The Balaban J connectivity index is 1.77. The number of carbonyl (C=O) groups is 2. The average molecular weight is 533 g/mol. The largest absolute Gasteiger partial charge is 0.495 e. The summed E-state index contributed by atoms with van der Waals surface area (Å²) in [7, 11) is 1.47. The summed E-state index contributed by atoms with van der Waals surface area (Å²) in [6, 6.07) is 18.7. The Bertz CT molecular complexity index is 1540. The molecule has 0 fully saturated rings. The SMILES string of the molecule is COc1ccccc1NC(=O)c1c(NC(=O)c2cc([N+](=O)[O-])cc([N+](=O)[O-])c2)sc(-c2ccccc2)c1C. The van der Waals surface area contributed by atoms with Crippen LogP contribution in [0, 0.1) is 27.2 Å². The number of carbonyl (C=O) groups excluding carboxylic acids is 2. The lowest BCUT2D eigenvalue weighted by Crippen LogP contribution is -2.18. The number of nitrogens with one attached hydrogen (secondary N) is 2. The number of nitro benzene ring substituents is 2. The van der Waals surface area contributed by atoms with E-state index in [1.54, 1.807) is 31.2 Å². The fourth-order valence-electron chi connectivity index (χ4n) is 3.78. The third-order valence-corrected chi connectivity index (χ3v) is 6.83. The summed E-state index contributed by atoms with van der Waals surface area (Å²) < 4.78 is 5.31. The van der Waals surface area contributed by atoms with E-state index in [1.165, 1.54) is 7.11 Å². The molecular weight excluding hydrogens is 512 g/mol. The Kier molecular flexibility index (Phi) is 7.44. The number of hydrogen-bond acceptors (Lipinski definition) is 8. The molecule has 12 heteroatoms. The minimum absolute atomic E-state index is 0.174. The molecule has 0 atom stereocenters. The second-order valence-corrected chi connectivity index (χ2v) is 9.01. The number of non-ortho nitro benzene ring substituents is 2. The maximum atomic E-state index is 13.5. The zero-order valence-electron chi connectivity index (χ0n) is 20.1. The van der Waals surface area contributed by atoms with E-state index in [9.17, 15) is 29.8 Å². The molecule has 0 radical (unpaired) electrons. The third-order valence-electron chi connectivity index (χ3n) is 5.58. The molecular formula is C26H20N4O7S. The molecule has 2 amide bonds. The van der Waals surface area contributed by atoms with Crippen LogP contribution in [0.3, 0.4) is 0 Å². The number of methoxy groups -OCH3 is 1. The van der Waals surface area contributed by atoms with Gasteiger partial charge in [-0.2, -0.15) is 0 Å². The van der Waals surface area contributed by atoms with Gasteiger partial charge in [0.1, 0.15) is 10.8 Å². The molecule has 192 valence electrons. The van der Waals surface area contributed by atoms with Crippen molar-refractivity contribution in [1.29, 1.82) is 0 Å². The number of ether oxygens (including phenoxy) is 1. The average Bonchev–Trinajstić information content (AvgIpc) is 3.24. The lowest BCUT2D eigenvalue weighted by Gasteiger charge is -2.11. The lowest BCUT2D eigenvalue weighted by molar-refractivity contribution is -0.394. The van der Waals surface area contributed by atoms with Gasteiger partial charge in [-0.05, 0) is 30.2 Å². The second-order valence-electron chi connectivity index (χ2n) is 7.99. The molecule has 3 aromatic carbocycles. The Morgan fingerprint density at radius 2 is 1.45 bits per heavy atom. The van der Waals surface area contributed by atoms with Crippen molar-refractivity contribution < 1.29 is 24.2 Å². The fraction of sp³-hybridized carbons (Fsp3) is 0.0769. The van der Waals surface area contributed by atoms with Gasteiger partial charge in [0.05, 0.1) is 39.8 Å². The van der Waals surface area contributed by atoms with Crippen molar-refractivity contribution in [3.63, 3.8) is 0 Å². The maximum absolute atomic E-state index is 13.5. The van der Waals surface area contributed by atoms with Crippen LogP contribution in [0.15, 0.2) is 72.8 Å². The third kappa shape index (κ3) is 5.34. The molecule has 0 saturated heterocycles. The number of anilines is 2.